The normalized spacial score (nSPS) is 10.1. The quantitative estimate of drug-likeness (QED) is 0.661. The van der Waals surface area contributed by atoms with Crippen LogP contribution in [-0.4, -0.2) is 22.5 Å². The summed E-state index contributed by atoms with van der Waals surface area (Å²) < 4.78 is 12.8. The van der Waals surface area contributed by atoms with E-state index in [2.05, 4.69) is 25.0 Å². The van der Waals surface area contributed by atoms with Crippen molar-refractivity contribution in [2.45, 2.75) is 6.42 Å². The molecule has 0 bridgehead atoms. The topological polar surface area (TPSA) is 125 Å². The van der Waals surface area contributed by atoms with Crippen molar-refractivity contribution < 1.29 is 18.9 Å². The highest BCUT2D eigenvalue weighted by Gasteiger charge is 2.16. The van der Waals surface area contributed by atoms with Gasteiger partial charge < -0.3 is 15.0 Å². The number of carbonyl (C=O) groups excluding carboxylic acids is 1. The number of anilines is 1. The summed E-state index contributed by atoms with van der Waals surface area (Å²) in [6, 6.07) is 6.15. The van der Waals surface area contributed by atoms with E-state index in [1.165, 1.54) is 18.3 Å². The molecule has 5 N–H and O–H groups in total. The van der Waals surface area contributed by atoms with Crippen molar-refractivity contribution in [1.29, 1.82) is 0 Å². The van der Waals surface area contributed by atoms with Crippen molar-refractivity contribution in [2.24, 2.45) is 11.8 Å². The standard InChI is InChI=1S/C13H14FN5O3/c14-9-3-1-8(2-4-9)5-6-17-13-18-7-10(12(20)22-16)11(19-13)21-15/h1-4,7H,5-6,15-16H2,(H,17,18,19). The first-order chi connectivity index (χ1) is 10.6. The van der Waals surface area contributed by atoms with Gasteiger partial charge in [0.25, 0.3) is 5.88 Å². The van der Waals surface area contributed by atoms with E-state index in [9.17, 15) is 9.18 Å². The van der Waals surface area contributed by atoms with Crippen LogP contribution < -0.4 is 21.9 Å². The van der Waals surface area contributed by atoms with Crippen LogP contribution in [0.25, 0.3) is 0 Å². The maximum atomic E-state index is 12.8. The number of nitrogens with zero attached hydrogens (tertiary/aromatic N) is 2. The Morgan fingerprint density at radius 3 is 2.64 bits per heavy atom. The summed E-state index contributed by atoms with van der Waals surface area (Å²) in [7, 11) is 0. The van der Waals surface area contributed by atoms with Crippen LogP contribution in [0.5, 0.6) is 5.88 Å². The van der Waals surface area contributed by atoms with E-state index in [1.54, 1.807) is 12.1 Å². The molecule has 1 aromatic carbocycles. The van der Waals surface area contributed by atoms with Gasteiger partial charge in [0, 0.05) is 6.54 Å². The number of aromatic nitrogens is 2. The second-order valence-corrected chi connectivity index (χ2v) is 4.24. The minimum absolute atomic E-state index is 0.0888. The van der Waals surface area contributed by atoms with E-state index in [0.29, 0.717) is 13.0 Å². The SMILES string of the molecule is NOC(=O)c1cnc(NCCc2ccc(F)cc2)nc1ON. The number of rotatable bonds is 6. The van der Waals surface area contributed by atoms with Crippen molar-refractivity contribution in [3.05, 3.63) is 47.4 Å². The second-order valence-electron chi connectivity index (χ2n) is 4.24. The average Bonchev–Trinajstić information content (AvgIpc) is 2.55. The van der Waals surface area contributed by atoms with Gasteiger partial charge in [-0.15, -0.1) is 0 Å². The third-order valence-corrected chi connectivity index (χ3v) is 2.80. The van der Waals surface area contributed by atoms with Crippen LogP contribution in [0.2, 0.25) is 0 Å². The third-order valence-electron chi connectivity index (χ3n) is 2.80. The van der Waals surface area contributed by atoms with Crippen molar-refractivity contribution in [1.82, 2.24) is 9.97 Å². The van der Waals surface area contributed by atoms with Crippen LogP contribution >= 0.6 is 0 Å². The molecule has 0 aliphatic heterocycles. The van der Waals surface area contributed by atoms with Crippen LogP contribution in [-0.2, 0) is 11.3 Å². The van der Waals surface area contributed by atoms with Gasteiger partial charge in [-0.05, 0) is 24.1 Å². The molecule has 0 aliphatic rings. The highest BCUT2D eigenvalue weighted by Crippen LogP contribution is 2.16. The van der Waals surface area contributed by atoms with Gasteiger partial charge in [0.05, 0.1) is 6.20 Å². The molecule has 0 aliphatic carbocycles. The van der Waals surface area contributed by atoms with Gasteiger partial charge in [-0.1, -0.05) is 12.1 Å². The molecule has 2 aromatic rings. The van der Waals surface area contributed by atoms with E-state index in [4.69, 9.17) is 11.8 Å². The highest BCUT2D eigenvalue weighted by molar-refractivity contribution is 5.91. The Balaban J connectivity index is 1.98. The van der Waals surface area contributed by atoms with Gasteiger partial charge in [-0.25, -0.2) is 14.2 Å². The lowest BCUT2D eigenvalue weighted by Crippen LogP contribution is -2.17. The Bertz CT molecular complexity index is 651. The first-order valence-electron chi connectivity index (χ1n) is 6.27. The van der Waals surface area contributed by atoms with Gasteiger partial charge in [-0.3, -0.25) is 0 Å². The van der Waals surface area contributed by atoms with Crippen LogP contribution in [0.3, 0.4) is 0 Å². The summed E-state index contributed by atoms with van der Waals surface area (Å²) in [4.78, 5) is 27.7. The number of halogens is 1. The molecule has 9 heteroatoms. The average molecular weight is 307 g/mol. The zero-order valence-corrected chi connectivity index (χ0v) is 11.5. The third kappa shape index (κ3) is 3.87. The van der Waals surface area contributed by atoms with Crippen molar-refractivity contribution in [3.8, 4) is 5.88 Å². The summed E-state index contributed by atoms with van der Waals surface area (Å²) in [5.41, 5.74) is 0.863. The fourth-order valence-corrected chi connectivity index (χ4v) is 1.71. The molecule has 2 rings (SSSR count). The summed E-state index contributed by atoms with van der Waals surface area (Å²) in [5.74, 6) is 8.73. The Labute approximate surface area is 125 Å². The van der Waals surface area contributed by atoms with E-state index < -0.39 is 5.97 Å². The lowest BCUT2D eigenvalue weighted by atomic mass is 10.1. The molecule has 8 nitrogen and oxygen atoms in total. The first kappa shape index (κ1) is 15.6. The molecule has 116 valence electrons. The molecular weight excluding hydrogens is 293 g/mol. The lowest BCUT2D eigenvalue weighted by Gasteiger charge is -2.08. The van der Waals surface area contributed by atoms with E-state index >= 15 is 0 Å². The van der Waals surface area contributed by atoms with Gasteiger partial charge in [0.2, 0.25) is 5.95 Å². The Morgan fingerprint density at radius 2 is 2.00 bits per heavy atom. The van der Waals surface area contributed by atoms with E-state index in [0.717, 1.165) is 5.56 Å². The molecule has 0 fully saturated rings. The second kappa shape index (κ2) is 7.29. The molecular formula is C13H14FN5O3. The number of nitrogens with one attached hydrogen (secondary N) is 1. The first-order valence-corrected chi connectivity index (χ1v) is 6.27. The number of carbonyl (C=O) groups is 1. The molecule has 0 atom stereocenters. The van der Waals surface area contributed by atoms with Crippen LogP contribution in [0.1, 0.15) is 15.9 Å². The minimum atomic E-state index is -0.863. The molecule has 1 heterocycles. The summed E-state index contributed by atoms with van der Waals surface area (Å²) >= 11 is 0. The van der Waals surface area contributed by atoms with Crippen molar-refractivity contribution in [2.75, 3.05) is 11.9 Å². The molecule has 22 heavy (non-hydrogen) atoms. The van der Waals surface area contributed by atoms with Gasteiger partial charge in [0.15, 0.2) is 0 Å². The maximum Gasteiger partial charge on any atom is 0.363 e. The van der Waals surface area contributed by atoms with E-state index in [1.807, 2.05) is 0 Å². The smallest absolute Gasteiger partial charge is 0.363 e. The fourth-order valence-electron chi connectivity index (χ4n) is 1.71. The number of nitrogens with two attached hydrogens (primary N) is 2. The number of benzene rings is 1. The van der Waals surface area contributed by atoms with Crippen molar-refractivity contribution in [3.63, 3.8) is 0 Å². The molecule has 0 saturated carbocycles. The predicted octanol–water partition coefficient (Wildman–Crippen LogP) is 0.553. The van der Waals surface area contributed by atoms with E-state index in [-0.39, 0.29) is 23.2 Å². The molecule has 0 spiro atoms. The lowest BCUT2D eigenvalue weighted by molar-refractivity contribution is 0.0497. The van der Waals surface area contributed by atoms with Gasteiger partial charge >= 0.3 is 5.97 Å². The number of hydrogen-bond acceptors (Lipinski definition) is 8. The minimum Gasteiger partial charge on any atom is -0.390 e. The Hall–Kier alpha value is -2.78. The van der Waals surface area contributed by atoms with Crippen molar-refractivity contribution >= 4 is 11.9 Å². The van der Waals surface area contributed by atoms with Crippen LogP contribution in [0.15, 0.2) is 30.5 Å². The predicted molar refractivity (Wildman–Crippen MR) is 75.0 cm³/mol. The summed E-state index contributed by atoms with van der Waals surface area (Å²) in [6.07, 6.45) is 1.82. The maximum absolute atomic E-state index is 12.8. The zero-order chi connectivity index (χ0) is 15.9. The monoisotopic (exact) mass is 307 g/mol. The van der Waals surface area contributed by atoms with Gasteiger partial charge in [-0.2, -0.15) is 16.8 Å². The summed E-state index contributed by atoms with van der Waals surface area (Å²) in [6.45, 7) is 0.496. The summed E-state index contributed by atoms with van der Waals surface area (Å²) in [5, 5.41) is 2.93. The van der Waals surface area contributed by atoms with Crippen LogP contribution in [0, 0.1) is 5.82 Å². The number of hydrogen-bond donors (Lipinski definition) is 3. The zero-order valence-electron chi connectivity index (χ0n) is 11.5. The Kier molecular flexibility index (Phi) is 5.17. The molecule has 0 amide bonds. The Morgan fingerprint density at radius 1 is 1.27 bits per heavy atom. The molecule has 0 saturated heterocycles. The fraction of sp³-hybridized carbons (Fsp3) is 0.154. The van der Waals surface area contributed by atoms with Gasteiger partial charge in [0.1, 0.15) is 11.4 Å². The van der Waals surface area contributed by atoms with Crippen LogP contribution in [0.4, 0.5) is 10.3 Å². The molecule has 1 aromatic heterocycles. The molecule has 0 radical (unpaired) electrons. The highest BCUT2D eigenvalue weighted by atomic mass is 19.1. The largest absolute Gasteiger partial charge is 0.390 e. The molecule has 0 unspecified atom stereocenters.